The standard InChI is InChI=1S/C33H54N6O3/c1-20-14-21(2)36-33(42)30(20)18-35-32(41)29-15-25(24-8-9-27(34-17-24)19-38(5)6)16-31(22(29)3)39(7)28-12-10-26(11-13-28)37-23(4)40/h15-16,20-21,24,26-28,30,34H,8-14,17-19H2,1-7H3,(H,35,41)(H,36,42)(H,37,40). The molecule has 9 nitrogen and oxygen atoms in total. The van der Waals surface area contributed by atoms with E-state index in [-0.39, 0.29) is 41.6 Å². The minimum atomic E-state index is -0.217. The van der Waals surface area contributed by atoms with Gasteiger partial charge in [-0.2, -0.15) is 0 Å². The van der Waals surface area contributed by atoms with Gasteiger partial charge in [0.2, 0.25) is 11.8 Å². The van der Waals surface area contributed by atoms with E-state index in [1.54, 1.807) is 6.92 Å². The molecule has 1 aromatic carbocycles. The van der Waals surface area contributed by atoms with E-state index < -0.39 is 0 Å². The third-order valence-corrected chi connectivity index (χ3v) is 9.87. The highest BCUT2D eigenvalue weighted by molar-refractivity contribution is 5.97. The third-order valence-electron chi connectivity index (χ3n) is 9.87. The number of hydrogen-bond donors (Lipinski definition) is 4. The van der Waals surface area contributed by atoms with Gasteiger partial charge in [0.15, 0.2) is 0 Å². The van der Waals surface area contributed by atoms with Crippen LogP contribution in [0.4, 0.5) is 5.69 Å². The average molecular weight is 583 g/mol. The number of anilines is 1. The molecule has 2 aliphatic heterocycles. The minimum Gasteiger partial charge on any atom is -0.371 e. The van der Waals surface area contributed by atoms with E-state index in [0.717, 1.165) is 69.3 Å². The monoisotopic (exact) mass is 582 g/mol. The molecule has 4 rings (SSSR count). The lowest BCUT2D eigenvalue weighted by atomic mass is 9.84. The second kappa shape index (κ2) is 14.2. The van der Waals surface area contributed by atoms with E-state index in [9.17, 15) is 14.4 Å². The highest BCUT2D eigenvalue weighted by atomic mass is 16.2. The molecule has 9 heteroatoms. The summed E-state index contributed by atoms with van der Waals surface area (Å²) in [5.41, 5.74) is 3.99. The topological polar surface area (TPSA) is 106 Å². The Hall–Kier alpha value is -2.65. The van der Waals surface area contributed by atoms with E-state index >= 15 is 0 Å². The van der Waals surface area contributed by atoms with Crippen LogP contribution >= 0.6 is 0 Å². The minimum absolute atomic E-state index is 0.0304. The fraction of sp³-hybridized carbons (Fsp3) is 0.727. The van der Waals surface area contributed by atoms with Crippen molar-refractivity contribution in [1.82, 2.24) is 26.2 Å². The molecule has 5 unspecified atom stereocenters. The normalized spacial score (nSPS) is 30.0. The first-order chi connectivity index (χ1) is 19.9. The molecule has 3 fully saturated rings. The highest BCUT2D eigenvalue weighted by Crippen LogP contribution is 2.35. The SMILES string of the molecule is CC(=O)NC1CCC(N(C)c2cc(C3CCC(CN(C)C)NC3)cc(C(=O)NCC3C(=O)NC(C)CC3C)c2C)CC1. The molecule has 3 aliphatic rings. The van der Waals surface area contributed by atoms with Gasteiger partial charge in [-0.25, -0.2) is 0 Å². The average Bonchev–Trinajstić information content (AvgIpc) is 2.92. The van der Waals surface area contributed by atoms with Crippen molar-refractivity contribution in [2.75, 3.05) is 45.7 Å². The van der Waals surface area contributed by atoms with Gasteiger partial charge >= 0.3 is 0 Å². The van der Waals surface area contributed by atoms with E-state index in [1.165, 1.54) is 5.56 Å². The first-order valence-electron chi connectivity index (χ1n) is 16.0. The summed E-state index contributed by atoms with van der Waals surface area (Å²) in [5.74, 6) is 0.303. The Morgan fingerprint density at radius 3 is 2.33 bits per heavy atom. The van der Waals surface area contributed by atoms with Gasteiger partial charge < -0.3 is 31.1 Å². The van der Waals surface area contributed by atoms with Gasteiger partial charge in [-0.1, -0.05) is 6.92 Å². The second-order valence-corrected chi connectivity index (χ2v) is 13.6. The Bertz CT molecular complexity index is 1110. The number of hydrogen-bond acceptors (Lipinski definition) is 6. The van der Waals surface area contributed by atoms with Crippen LogP contribution in [-0.4, -0.2) is 87.6 Å². The third kappa shape index (κ3) is 8.04. The summed E-state index contributed by atoms with van der Waals surface area (Å²) in [6.07, 6.45) is 7.01. The van der Waals surface area contributed by atoms with Crippen LogP contribution in [0.5, 0.6) is 0 Å². The number of benzene rings is 1. The number of carbonyl (C=O) groups is 3. The number of likely N-dealkylation sites (N-methyl/N-ethyl adjacent to an activating group) is 1. The number of nitrogens with zero attached hydrogens (tertiary/aromatic N) is 2. The fourth-order valence-electron chi connectivity index (χ4n) is 7.43. The fourth-order valence-corrected chi connectivity index (χ4v) is 7.43. The van der Waals surface area contributed by atoms with E-state index in [1.807, 2.05) is 6.92 Å². The first-order valence-corrected chi connectivity index (χ1v) is 16.0. The zero-order valence-corrected chi connectivity index (χ0v) is 26.9. The number of nitrogens with one attached hydrogen (secondary N) is 4. The van der Waals surface area contributed by atoms with Crippen molar-refractivity contribution < 1.29 is 14.4 Å². The van der Waals surface area contributed by atoms with Gasteiger partial charge in [-0.05, 0) is 108 Å². The summed E-state index contributed by atoms with van der Waals surface area (Å²) >= 11 is 0. The Labute approximate surface area is 252 Å². The maximum Gasteiger partial charge on any atom is 0.251 e. The molecule has 4 N–H and O–H groups in total. The largest absolute Gasteiger partial charge is 0.371 e. The Morgan fingerprint density at radius 1 is 1.02 bits per heavy atom. The van der Waals surface area contributed by atoms with E-state index in [0.29, 0.717) is 30.1 Å². The summed E-state index contributed by atoms with van der Waals surface area (Å²) in [6.45, 7) is 10.0. The molecule has 0 radical (unpaired) electrons. The molecule has 0 spiro atoms. The molecule has 2 heterocycles. The lowest BCUT2D eigenvalue weighted by Gasteiger charge is -2.38. The summed E-state index contributed by atoms with van der Waals surface area (Å²) < 4.78 is 0. The zero-order chi connectivity index (χ0) is 30.6. The molecule has 0 aromatic heterocycles. The molecule has 234 valence electrons. The molecule has 3 amide bonds. The quantitative estimate of drug-likeness (QED) is 0.357. The molecular formula is C33H54N6O3. The predicted octanol–water partition coefficient (Wildman–Crippen LogP) is 3.17. The lowest BCUT2D eigenvalue weighted by Crippen LogP contribution is -2.50. The van der Waals surface area contributed by atoms with Crippen molar-refractivity contribution >= 4 is 23.4 Å². The zero-order valence-electron chi connectivity index (χ0n) is 26.9. The molecule has 5 atom stereocenters. The maximum atomic E-state index is 13.8. The van der Waals surface area contributed by atoms with Crippen molar-refractivity contribution in [1.29, 1.82) is 0 Å². The van der Waals surface area contributed by atoms with Crippen LogP contribution in [0, 0.1) is 18.8 Å². The van der Waals surface area contributed by atoms with Gasteiger partial charge in [-0.3, -0.25) is 14.4 Å². The summed E-state index contributed by atoms with van der Waals surface area (Å²) in [5, 5.41) is 13.0. The maximum absolute atomic E-state index is 13.8. The van der Waals surface area contributed by atoms with Crippen LogP contribution < -0.4 is 26.2 Å². The van der Waals surface area contributed by atoms with Crippen LogP contribution in [0.25, 0.3) is 0 Å². The number of rotatable bonds is 9. The summed E-state index contributed by atoms with van der Waals surface area (Å²) in [4.78, 5) is 42.6. The Morgan fingerprint density at radius 2 is 1.74 bits per heavy atom. The summed E-state index contributed by atoms with van der Waals surface area (Å²) in [6, 6.07) is 5.65. The van der Waals surface area contributed by atoms with E-state index in [4.69, 9.17) is 0 Å². The Kier molecular flexibility index (Phi) is 10.9. The van der Waals surface area contributed by atoms with Crippen LogP contribution in [0.1, 0.15) is 93.1 Å². The lowest BCUT2D eigenvalue weighted by molar-refractivity contribution is -0.129. The van der Waals surface area contributed by atoms with Crippen LogP contribution in [0.15, 0.2) is 12.1 Å². The number of carbonyl (C=O) groups excluding carboxylic acids is 3. The number of amides is 3. The first kappa shape index (κ1) is 32.3. The second-order valence-electron chi connectivity index (χ2n) is 13.6. The van der Waals surface area contributed by atoms with Crippen molar-refractivity contribution in [3.8, 4) is 0 Å². The van der Waals surface area contributed by atoms with E-state index in [2.05, 4.69) is 78.2 Å². The van der Waals surface area contributed by atoms with Crippen LogP contribution in [0.3, 0.4) is 0 Å². The smallest absolute Gasteiger partial charge is 0.251 e. The molecule has 1 saturated carbocycles. The van der Waals surface area contributed by atoms with Gasteiger partial charge in [-0.15, -0.1) is 0 Å². The van der Waals surface area contributed by atoms with Gasteiger partial charge in [0, 0.05) is 69.0 Å². The Balaban J connectivity index is 1.55. The number of piperidine rings is 2. The van der Waals surface area contributed by atoms with Gasteiger partial charge in [0.25, 0.3) is 5.91 Å². The van der Waals surface area contributed by atoms with Gasteiger partial charge in [0.1, 0.15) is 0 Å². The summed E-state index contributed by atoms with van der Waals surface area (Å²) in [7, 11) is 6.38. The van der Waals surface area contributed by atoms with Crippen LogP contribution in [0.2, 0.25) is 0 Å². The van der Waals surface area contributed by atoms with Crippen molar-refractivity contribution in [2.24, 2.45) is 11.8 Å². The molecule has 2 saturated heterocycles. The molecule has 1 aliphatic carbocycles. The highest BCUT2D eigenvalue weighted by Gasteiger charge is 2.33. The van der Waals surface area contributed by atoms with Crippen molar-refractivity contribution in [2.45, 2.75) is 103 Å². The van der Waals surface area contributed by atoms with Crippen LogP contribution in [-0.2, 0) is 9.59 Å². The van der Waals surface area contributed by atoms with Crippen molar-refractivity contribution in [3.05, 3.63) is 28.8 Å². The predicted molar refractivity (Wildman–Crippen MR) is 169 cm³/mol. The van der Waals surface area contributed by atoms with Crippen molar-refractivity contribution in [3.63, 3.8) is 0 Å². The molecule has 1 aromatic rings. The van der Waals surface area contributed by atoms with Gasteiger partial charge in [0.05, 0.1) is 5.92 Å². The molecule has 42 heavy (non-hydrogen) atoms. The molecule has 0 bridgehead atoms. The molecular weight excluding hydrogens is 528 g/mol.